The van der Waals surface area contributed by atoms with Gasteiger partial charge in [-0.1, -0.05) is 97.1 Å². The van der Waals surface area contributed by atoms with Gasteiger partial charge in [0.25, 0.3) is 23.6 Å². The third kappa shape index (κ3) is 3.81. The Bertz CT molecular complexity index is 2600. The lowest BCUT2D eigenvalue weighted by atomic mass is 9.81. The number of carbonyl (C=O) groups excluding carboxylic acids is 4. The summed E-state index contributed by atoms with van der Waals surface area (Å²) in [6.45, 7) is 0.339. The smallest absolute Gasteiger partial charge is 0.263 e. The van der Waals surface area contributed by atoms with Crippen molar-refractivity contribution in [2.24, 2.45) is 0 Å². The molecule has 8 aromatic rings. The number of nitrogens with zero attached hydrogens (tertiary/aromatic N) is 2. The number of para-hydroxylation sites is 2. The van der Waals surface area contributed by atoms with Gasteiger partial charge >= 0.3 is 0 Å². The van der Waals surface area contributed by atoms with Crippen LogP contribution in [0, 0.1) is 0 Å². The second kappa shape index (κ2) is 10.5. The topological polar surface area (TPSA) is 106 Å². The molecule has 0 spiro atoms. The maximum atomic E-state index is 14.8. The highest BCUT2D eigenvalue weighted by atomic mass is 16.2. The summed E-state index contributed by atoms with van der Waals surface area (Å²) in [6, 6.07) is 34.8. The normalized spacial score (nSPS) is 14.4. The first-order valence-corrected chi connectivity index (χ1v) is 16.8. The van der Waals surface area contributed by atoms with E-state index in [9.17, 15) is 19.2 Å². The average molecular weight is 653 g/mol. The SMILES string of the molecule is O=C1c2c3[nH]c4ccccc4c3c3c4c(c5[nH]c6ccccc6c5c(c24)C(=O)N1CCc1ccccc1)C(=O)N(CCc1ccccc1)C3=O. The van der Waals surface area contributed by atoms with Crippen molar-refractivity contribution in [3.63, 3.8) is 0 Å². The van der Waals surface area contributed by atoms with Crippen LogP contribution in [0.3, 0.4) is 0 Å². The fourth-order valence-corrected chi connectivity index (χ4v) is 8.19. The number of nitrogens with one attached hydrogen (secondary N) is 2. The zero-order chi connectivity index (χ0) is 33.7. The number of benzene rings is 6. The first-order chi connectivity index (χ1) is 24.5. The van der Waals surface area contributed by atoms with Crippen LogP contribution in [0.25, 0.3) is 54.4 Å². The average Bonchev–Trinajstić information content (AvgIpc) is 3.72. The van der Waals surface area contributed by atoms with Crippen molar-refractivity contribution in [1.29, 1.82) is 0 Å². The molecule has 8 nitrogen and oxygen atoms in total. The number of amides is 4. The van der Waals surface area contributed by atoms with Crippen molar-refractivity contribution in [1.82, 2.24) is 19.8 Å². The largest absolute Gasteiger partial charge is 0.354 e. The van der Waals surface area contributed by atoms with E-state index in [1.165, 1.54) is 9.80 Å². The molecule has 50 heavy (non-hydrogen) atoms. The van der Waals surface area contributed by atoms with Crippen LogP contribution in [-0.4, -0.2) is 56.5 Å². The van der Waals surface area contributed by atoms with E-state index in [2.05, 4.69) is 9.97 Å². The Kier molecular flexibility index (Phi) is 5.97. The summed E-state index contributed by atoms with van der Waals surface area (Å²) in [5, 5.41) is 3.43. The lowest BCUT2D eigenvalue weighted by Gasteiger charge is -2.33. The lowest BCUT2D eigenvalue weighted by molar-refractivity contribution is 0.0594. The van der Waals surface area contributed by atoms with Gasteiger partial charge < -0.3 is 9.97 Å². The van der Waals surface area contributed by atoms with Crippen molar-refractivity contribution in [3.8, 4) is 0 Å². The lowest BCUT2D eigenvalue weighted by Crippen LogP contribution is -2.44. The number of imide groups is 2. The van der Waals surface area contributed by atoms with Gasteiger partial charge in [0.15, 0.2) is 0 Å². The van der Waals surface area contributed by atoms with Crippen LogP contribution in [0.15, 0.2) is 109 Å². The predicted octanol–water partition coefficient (Wildman–Crippen LogP) is 7.79. The molecule has 2 aliphatic rings. The van der Waals surface area contributed by atoms with Gasteiger partial charge in [0.05, 0.1) is 33.3 Å². The Balaban J connectivity index is 1.32. The molecule has 0 aliphatic carbocycles. The van der Waals surface area contributed by atoms with Gasteiger partial charge in [-0.2, -0.15) is 0 Å². The van der Waals surface area contributed by atoms with Crippen LogP contribution in [0.1, 0.15) is 52.6 Å². The highest BCUT2D eigenvalue weighted by Crippen LogP contribution is 2.49. The fraction of sp³-hybridized carbons (Fsp3) is 0.0952. The number of carbonyl (C=O) groups is 4. The molecule has 8 heteroatoms. The molecule has 4 heterocycles. The van der Waals surface area contributed by atoms with E-state index in [0.29, 0.717) is 67.7 Å². The molecule has 0 fully saturated rings. The van der Waals surface area contributed by atoms with Crippen molar-refractivity contribution in [3.05, 3.63) is 143 Å². The van der Waals surface area contributed by atoms with E-state index < -0.39 is 23.6 Å². The van der Waals surface area contributed by atoms with Crippen molar-refractivity contribution in [2.45, 2.75) is 12.8 Å². The van der Waals surface area contributed by atoms with Crippen molar-refractivity contribution < 1.29 is 19.2 Å². The molecule has 2 aromatic heterocycles. The standard InChI is InChI=1S/C42H28N4O4/c47-39-33-29-25-15-7-9-17-27(25)44-38(29)36-32-31(33)35(41(49)45(39)21-19-23-11-3-1-4-12-23)37-30(26-16-8-10-18-28(26)43-37)34(32)40(48)46(42(36)50)22-20-24-13-5-2-6-14-24/h1-18,43-44H,19-22H2. The van der Waals surface area contributed by atoms with E-state index in [1.54, 1.807) is 0 Å². The van der Waals surface area contributed by atoms with Crippen LogP contribution in [0.2, 0.25) is 0 Å². The summed E-state index contributed by atoms with van der Waals surface area (Å²) in [7, 11) is 0. The second-order valence-electron chi connectivity index (χ2n) is 13.1. The number of aromatic nitrogens is 2. The fourth-order valence-electron chi connectivity index (χ4n) is 8.19. The monoisotopic (exact) mass is 652 g/mol. The summed E-state index contributed by atoms with van der Waals surface area (Å²) in [5.74, 6) is -1.77. The van der Waals surface area contributed by atoms with Crippen molar-refractivity contribution >= 4 is 78.0 Å². The Morgan fingerprint density at radius 2 is 0.760 bits per heavy atom. The Labute approximate surface area is 284 Å². The molecule has 0 radical (unpaired) electrons. The number of fused-ring (bicyclic) bond motifs is 10. The van der Waals surface area contributed by atoms with E-state index in [-0.39, 0.29) is 13.1 Å². The van der Waals surface area contributed by atoms with Gasteiger partial charge in [0.1, 0.15) is 0 Å². The summed E-state index contributed by atoms with van der Waals surface area (Å²) >= 11 is 0. The summed E-state index contributed by atoms with van der Waals surface area (Å²) in [5.41, 5.74) is 5.79. The molecular formula is C42H28N4O4. The Hall–Kier alpha value is -6.54. The van der Waals surface area contributed by atoms with E-state index in [4.69, 9.17) is 0 Å². The maximum absolute atomic E-state index is 14.8. The number of hydrogen-bond donors (Lipinski definition) is 2. The molecule has 0 saturated carbocycles. The van der Waals surface area contributed by atoms with Gasteiger partial charge in [0, 0.05) is 56.4 Å². The molecule has 2 N–H and O–H groups in total. The van der Waals surface area contributed by atoms with Gasteiger partial charge in [-0.15, -0.1) is 0 Å². The van der Waals surface area contributed by atoms with Gasteiger partial charge in [-0.3, -0.25) is 29.0 Å². The quantitative estimate of drug-likeness (QED) is 0.179. The molecule has 240 valence electrons. The van der Waals surface area contributed by atoms with Crippen LogP contribution < -0.4 is 0 Å². The molecule has 0 saturated heterocycles. The second-order valence-corrected chi connectivity index (χ2v) is 13.1. The zero-order valence-electron chi connectivity index (χ0n) is 26.7. The van der Waals surface area contributed by atoms with Crippen LogP contribution in [0.4, 0.5) is 0 Å². The van der Waals surface area contributed by atoms with E-state index in [1.807, 2.05) is 109 Å². The van der Waals surface area contributed by atoms with Gasteiger partial charge in [-0.25, -0.2) is 0 Å². The summed E-state index contributed by atoms with van der Waals surface area (Å²) in [4.78, 5) is 68.8. The highest BCUT2D eigenvalue weighted by molar-refractivity contribution is 6.45. The number of rotatable bonds is 6. The third-order valence-corrected chi connectivity index (χ3v) is 10.4. The molecule has 4 amide bonds. The van der Waals surface area contributed by atoms with E-state index >= 15 is 0 Å². The van der Waals surface area contributed by atoms with Gasteiger partial charge in [0.2, 0.25) is 0 Å². The minimum Gasteiger partial charge on any atom is -0.354 e. The molecule has 0 unspecified atom stereocenters. The molecule has 10 rings (SSSR count). The van der Waals surface area contributed by atoms with Crippen molar-refractivity contribution in [2.75, 3.05) is 13.1 Å². The van der Waals surface area contributed by atoms with Gasteiger partial charge in [-0.05, 0) is 36.1 Å². The molecule has 0 atom stereocenters. The molecular weight excluding hydrogens is 624 g/mol. The minimum absolute atomic E-state index is 0.169. The molecule has 2 aliphatic heterocycles. The maximum Gasteiger partial charge on any atom is 0.263 e. The number of hydrogen-bond acceptors (Lipinski definition) is 4. The summed E-state index contributed by atoms with van der Waals surface area (Å²) in [6.07, 6.45) is 0.959. The van der Waals surface area contributed by atoms with E-state index in [0.717, 1.165) is 32.9 Å². The Morgan fingerprint density at radius 1 is 0.400 bits per heavy atom. The number of aromatic amines is 2. The Morgan fingerprint density at radius 3 is 1.18 bits per heavy atom. The third-order valence-electron chi connectivity index (χ3n) is 10.4. The predicted molar refractivity (Wildman–Crippen MR) is 194 cm³/mol. The molecule has 6 aromatic carbocycles. The van der Waals surface area contributed by atoms with Crippen LogP contribution in [0.5, 0.6) is 0 Å². The zero-order valence-corrected chi connectivity index (χ0v) is 26.7. The van der Waals surface area contributed by atoms with Crippen LogP contribution in [-0.2, 0) is 12.8 Å². The first kappa shape index (κ1) is 28.5. The number of H-pyrrole nitrogens is 2. The molecule has 0 bridgehead atoms. The van der Waals surface area contributed by atoms with Crippen LogP contribution >= 0.6 is 0 Å². The minimum atomic E-state index is -0.446. The highest BCUT2D eigenvalue weighted by Gasteiger charge is 2.45. The summed E-state index contributed by atoms with van der Waals surface area (Å²) < 4.78 is 0. The first-order valence-electron chi connectivity index (χ1n) is 16.8.